The first-order valence-electron chi connectivity index (χ1n) is 7.61. The van der Waals surface area contributed by atoms with Gasteiger partial charge in [0, 0.05) is 6.54 Å². The maximum absolute atomic E-state index is 10.1. The van der Waals surface area contributed by atoms with Crippen LogP contribution < -0.4 is 0 Å². The fraction of sp³-hybridized carbons (Fsp3) is 1.00. The Labute approximate surface area is 107 Å². The quantitative estimate of drug-likeness (QED) is 0.739. The monoisotopic (exact) mass is 241 g/mol. The van der Waals surface area contributed by atoms with Crippen LogP contribution in [-0.2, 0) is 0 Å². The van der Waals surface area contributed by atoms with Crippen molar-refractivity contribution in [3.05, 3.63) is 0 Å². The van der Waals surface area contributed by atoms with E-state index in [2.05, 4.69) is 25.7 Å². The van der Waals surface area contributed by atoms with Crippen LogP contribution in [0, 0.1) is 11.8 Å². The van der Waals surface area contributed by atoms with Gasteiger partial charge in [0.25, 0.3) is 0 Å². The lowest BCUT2D eigenvalue weighted by molar-refractivity contribution is 0.0274. The zero-order chi connectivity index (χ0) is 12.7. The van der Waals surface area contributed by atoms with E-state index < -0.39 is 0 Å². The highest BCUT2D eigenvalue weighted by Gasteiger charge is 2.29. The summed E-state index contributed by atoms with van der Waals surface area (Å²) in [6.45, 7) is 10.2. The molecule has 2 nitrogen and oxygen atoms in total. The molecular weight excluding hydrogens is 210 g/mol. The molecule has 0 amide bonds. The lowest BCUT2D eigenvalue weighted by Gasteiger charge is -2.36. The highest BCUT2D eigenvalue weighted by atomic mass is 16.3. The van der Waals surface area contributed by atoms with E-state index in [9.17, 15) is 5.11 Å². The second-order valence-corrected chi connectivity index (χ2v) is 5.66. The molecular formula is C15H31NO. The molecule has 1 fully saturated rings. The van der Waals surface area contributed by atoms with Gasteiger partial charge in [-0.05, 0) is 50.6 Å². The molecule has 1 N–H and O–H groups in total. The number of unbranched alkanes of at least 4 members (excludes halogenated alkanes) is 1. The van der Waals surface area contributed by atoms with Crippen LogP contribution in [0.2, 0.25) is 0 Å². The molecule has 1 saturated carbocycles. The van der Waals surface area contributed by atoms with Gasteiger partial charge in [-0.3, -0.25) is 0 Å². The summed E-state index contributed by atoms with van der Waals surface area (Å²) in [7, 11) is 0. The fourth-order valence-electron chi connectivity index (χ4n) is 3.00. The Morgan fingerprint density at radius 1 is 1.18 bits per heavy atom. The van der Waals surface area contributed by atoms with Crippen LogP contribution in [0.1, 0.15) is 59.3 Å². The van der Waals surface area contributed by atoms with Crippen molar-refractivity contribution in [1.82, 2.24) is 4.90 Å². The molecule has 1 aliphatic carbocycles. The largest absolute Gasteiger partial charge is 0.393 e. The van der Waals surface area contributed by atoms with Gasteiger partial charge < -0.3 is 10.0 Å². The fourth-order valence-corrected chi connectivity index (χ4v) is 3.00. The number of aliphatic hydroxyl groups excluding tert-OH is 1. The van der Waals surface area contributed by atoms with E-state index in [1.807, 2.05) is 0 Å². The number of nitrogens with zero attached hydrogens (tertiary/aromatic N) is 1. The minimum atomic E-state index is -0.0477. The van der Waals surface area contributed by atoms with Crippen LogP contribution in [0.25, 0.3) is 0 Å². The second kappa shape index (κ2) is 8.10. The lowest BCUT2D eigenvalue weighted by Crippen LogP contribution is -2.39. The second-order valence-electron chi connectivity index (χ2n) is 5.66. The average molecular weight is 241 g/mol. The highest BCUT2D eigenvalue weighted by Crippen LogP contribution is 2.31. The van der Waals surface area contributed by atoms with E-state index in [0.717, 1.165) is 25.4 Å². The van der Waals surface area contributed by atoms with Gasteiger partial charge >= 0.3 is 0 Å². The molecule has 1 aliphatic rings. The summed E-state index contributed by atoms with van der Waals surface area (Å²) < 4.78 is 0. The van der Waals surface area contributed by atoms with Crippen LogP contribution in [-0.4, -0.2) is 35.7 Å². The zero-order valence-electron chi connectivity index (χ0n) is 12.0. The first-order chi connectivity index (χ1) is 8.21. The van der Waals surface area contributed by atoms with Crippen molar-refractivity contribution in [1.29, 1.82) is 0 Å². The molecule has 0 heterocycles. The topological polar surface area (TPSA) is 23.5 Å². The van der Waals surface area contributed by atoms with Crippen molar-refractivity contribution >= 4 is 0 Å². The molecule has 3 unspecified atom stereocenters. The van der Waals surface area contributed by atoms with Crippen molar-refractivity contribution in [2.45, 2.75) is 65.4 Å². The van der Waals surface area contributed by atoms with Gasteiger partial charge in [-0.25, -0.2) is 0 Å². The SMILES string of the molecule is CCCCN(CC)CC1CC(CC)CCC1O. The molecule has 102 valence electrons. The lowest BCUT2D eigenvalue weighted by atomic mass is 9.78. The normalized spacial score (nSPS) is 29.8. The third kappa shape index (κ3) is 4.97. The van der Waals surface area contributed by atoms with Crippen molar-refractivity contribution < 1.29 is 5.11 Å². The van der Waals surface area contributed by atoms with Crippen LogP contribution in [0.4, 0.5) is 0 Å². The van der Waals surface area contributed by atoms with Crippen LogP contribution in [0.15, 0.2) is 0 Å². The predicted molar refractivity (Wildman–Crippen MR) is 74.2 cm³/mol. The Balaban J connectivity index is 2.40. The third-order valence-corrected chi connectivity index (χ3v) is 4.40. The van der Waals surface area contributed by atoms with E-state index in [-0.39, 0.29) is 6.10 Å². The number of aliphatic hydroxyl groups is 1. The molecule has 17 heavy (non-hydrogen) atoms. The highest BCUT2D eigenvalue weighted by molar-refractivity contribution is 4.81. The van der Waals surface area contributed by atoms with Crippen LogP contribution in [0.5, 0.6) is 0 Å². The van der Waals surface area contributed by atoms with Gasteiger partial charge in [0.15, 0.2) is 0 Å². The van der Waals surface area contributed by atoms with Gasteiger partial charge in [-0.1, -0.05) is 33.6 Å². The maximum atomic E-state index is 10.1. The summed E-state index contributed by atoms with van der Waals surface area (Å²) in [6.07, 6.45) is 7.28. The van der Waals surface area contributed by atoms with E-state index >= 15 is 0 Å². The Kier molecular flexibility index (Phi) is 7.14. The standard InChI is InChI=1S/C15H31NO/c1-4-7-10-16(6-3)12-14-11-13(5-2)8-9-15(14)17/h13-15,17H,4-12H2,1-3H3. The number of hydrogen-bond donors (Lipinski definition) is 1. The number of rotatable bonds is 7. The number of hydrogen-bond acceptors (Lipinski definition) is 2. The minimum Gasteiger partial charge on any atom is -0.393 e. The molecule has 2 heteroatoms. The van der Waals surface area contributed by atoms with Gasteiger partial charge in [0.2, 0.25) is 0 Å². The molecule has 0 aliphatic heterocycles. The van der Waals surface area contributed by atoms with Crippen molar-refractivity contribution in [2.24, 2.45) is 11.8 Å². The van der Waals surface area contributed by atoms with E-state index in [1.54, 1.807) is 0 Å². The Hall–Kier alpha value is -0.0800. The van der Waals surface area contributed by atoms with Gasteiger partial charge in [0.1, 0.15) is 0 Å². The summed E-state index contributed by atoms with van der Waals surface area (Å²) in [4.78, 5) is 2.52. The molecule has 0 bridgehead atoms. The van der Waals surface area contributed by atoms with E-state index in [1.165, 1.54) is 38.6 Å². The summed E-state index contributed by atoms with van der Waals surface area (Å²) >= 11 is 0. The first kappa shape index (κ1) is 15.0. The molecule has 0 aromatic heterocycles. The van der Waals surface area contributed by atoms with Crippen LogP contribution in [0.3, 0.4) is 0 Å². The summed E-state index contributed by atoms with van der Waals surface area (Å²) in [5.74, 6) is 1.37. The van der Waals surface area contributed by atoms with Crippen molar-refractivity contribution in [3.63, 3.8) is 0 Å². The van der Waals surface area contributed by atoms with Crippen LogP contribution >= 0.6 is 0 Å². The molecule has 0 aromatic rings. The summed E-state index contributed by atoms with van der Waals surface area (Å²) in [6, 6.07) is 0. The molecule has 0 radical (unpaired) electrons. The van der Waals surface area contributed by atoms with Gasteiger partial charge in [-0.15, -0.1) is 0 Å². The smallest absolute Gasteiger partial charge is 0.0580 e. The maximum Gasteiger partial charge on any atom is 0.0580 e. The Morgan fingerprint density at radius 2 is 1.94 bits per heavy atom. The Bertz CT molecular complexity index is 195. The third-order valence-electron chi connectivity index (χ3n) is 4.40. The van der Waals surface area contributed by atoms with Gasteiger partial charge in [0.05, 0.1) is 6.10 Å². The predicted octanol–water partition coefficient (Wildman–Crippen LogP) is 3.30. The summed E-state index contributed by atoms with van der Waals surface area (Å²) in [5, 5.41) is 10.1. The molecule has 1 rings (SSSR count). The Morgan fingerprint density at radius 3 is 2.53 bits per heavy atom. The minimum absolute atomic E-state index is 0.0477. The average Bonchev–Trinajstić information content (AvgIpc) is 2.36. The molecule has 0 saturated heterocycles. The zero-order valence-corrected chi connectivity index (χ0v) is 12.0. The molecule has 0 spiro atoms. The molecule has 3 atom stereocenters. The van der Waals surface area contributed by atoms with Crippen molar-refractivity contribution in [2.75, 3.05) is 19.6 Å². The van der Waals surface area contributed by atoms with Gasteiger partial charge in [-0.2, -0.15) is 0 Å². The van der Waals surface area contributed by atoms with Crippen molar-refractivity contribution in [3.8, 4) is 0 Å². The summed E-state index contributed by atoms with van der Waals surface area (Å²) in [5.41, 5.74) is 0. The van der Waals surface area contributed by atoms with E-state index in [4.69, 9.17) is 0 Å². The molecule has 0 aromatic carbocycles. The van der Waals surface area contributed by atoms with E-state index in [0.29, 0.717) is 5.92 Å². The first-order valence-corrected chi connectivity index (χ1v) is 7.61.